The fraction of sp³-hybridized carbons (Fsp3) is 0.214. The molecular weight excluding hydrogens is 256 g/mol. The number of allylic oxidation sites excluding steroid dienone is 2. The Morgan fingerprint density at radius 1 is 1.11 bits per heavy atom. The fourth-order valence-electron chi connectivity index (χ4n) is 1.28. The van der Waals surface area contributed by atoms with Gasteiger partial charge in [-0.1, -0.05) is 6.92 Å². The van der Waals surface area contributed by atoms with Gasteiger partial charge in [0, 0.05) is 10.6 Å². The molecule has 0 bridgehead atoms. The molecule has 0 spiro atoms. The van der Waals surface area contributed by atoms with Crippen LogP contribution in [0.15, 0.2) is 40.4 Å². The van der Waals surface area contributed by atoms with E-state index in [9.17, 15) is 0 Å². The molecule has 5 heteroatoms. The van der Waals surface area contributed by atoms with Crippen molar-refractivity contribution in [2.45, 2.75) is 18.2 Å². The Morgan fingerprint density at radius 3 is 2.21 bits per heavy atom. The van der Waals surface area contributed by atoms with Gasteiger partial charge in [0.25, 0.3) is 0 Å². The van der Waals surface area contributed by atoms with Crippen LogP contribution in [0.2, 0.25) is 0 Å². The molecule has 0 heterocycles. The van der Waals surface area contributed by atoms with Gasteiger partial charge in [-0.05, 0) is 36.4 Å². The molecule has 1 N–H and O–H groups in total. The van der Waals surface area contributed by atoms with E-state index in [0.717, 1.165) is 17.1 Å². The molecular formula is C14H12N4S. The lowest BCUT2D eigenvalue weighted by atomic mass is 10.2. The van der Waals surface area contributed by atoms with Crippen LogP contribution in [-0.4, -0.2) is 5.75 Å². The summed E-state index contributed by atoms with van der Waals surface area (Å²) in [7, 11) is 0. The molecule has 94 valence electrons. The number of rotatable bonds is 5. The van der Waals surface area contributed by atoms with Crippen LogP contribution in [0, 0.1) is 34.0 Å². The summed E-state index contributed by atoms with van der Waals surface area (Å²) >= 11 is 1.76. The lowest BCUT2D eigenvalue weighted by Gasteiger charge is -2.05. The van der Waals surface area contributed by atoms with E-state index in [1.54, 1.807) is 23.9 Å². The molecule has 0 fully saturated rings. The van der Waals surface area contributed by atoms with E-state index in [2.05, 4.69) is 12.2 Å². The van der Waals surface area contributed by atoms with Crippen molar-refractivity contribution in [1.29, 1.82) is 15.8 Å². The van der Waals surface area contributed by atoms with Crippen LogP contribution in [0.1, 0.15) is 13.3 Å². The van der Waals surface area contributed by atoms with E-state index < -0.39 is 0 Å². The molecule has 1 aromatic carbocycles. The quantitative estimate of drug-likeness (QED) is 0.653. The molecule has 0 aliphatic heterocycles. The van der Waals surface area contributed by atoms with Gasteiger partial charge >= 0.3 is 0 Å². The normalized spacial score (nSPS) is 8.74. The first-order chi connectivity index (χ1) is 9.24. The predicted molar refractivity (Wildman–Crippen MR) is 74.9 cm³/mol. The van der Waals surface area contributed by atoms with E-state index in [1.165, 1.54) is 0 Å². The topological polar surface area (TPSA) is 83.4 Å². The first kappa shape index (κ1) is 14.6. The zero-order valence-electron chi connectivity index (χ0n) is 10.5. The van der Waals surface area contributed by atoms with Crippen molar-refractivity contribution in [3.63, 3.8) is 0 Å². The summed E-state index contributed by atoms with van der Waals surface area (Å²) in [6, 6.07) is 12.7. The van der Waals surface area contributed by atoms with Crippen molar-refractivity contribution in [3.05, 3.63) is 35.5 Å². The van der Waals surface area contributed by atoms with Gasteiger partial charge in [0.15, 0.2) is 5.57 Å². The lowest BCUT2D eigenvalue weighted by molar-refractivity contribution is 1.10. The molecule has 0 atom stereocenters. The highest BCUT2D eigenvalue weighted by Gasteiger charge is 2.05. The minimum absolute atomic E-state index is 0.0287. The van der Waals surface area contributed by atoms with Gasteiger partial charge in [-0.25, -0.2) is 0 Å². The van der Waals surface area contributed by atoms with Crippen LogP contribution in [0.5, 0.6) is 0 Å². The first-order valence-corrected chi connectivity index (χ1v) is 6.68. The average Bonchev–Trinajstić information content (AvgIpc) is 2.46. The summed E-state index contributed by atoms with van der Waals surface area (Å²) in [6.45, 7) is 2.12. The highest BCUT2D eigenvalue weighted by Crippen LogP contribution is 2.21. The van der Waals surface area contributed by atoms with Crippen molar-refractivity contribution in [3.8, 4) is 18.2 Å². The predicted octanol–water partition coefficient (Wildman–Crippen LogP) is 3.43. The maximum atomic E-state index is 8.91. The van der Waals surface area contributed by atoms with E-state index in [-0.39, 0.29) is 11.3 Å². The van der Waals surface area contributed by atoms with Crippen molar-refractivity contribution < 1.29 is 0 Å². The van der Waals surface area contributed by atoms with E-state index in [1.807, 2.05) is 30.3 Å². The van der Waals surface area contributed by atoms with Gasteiger partial charge in [0.05, 0.1) is 0 Å². The molecule has 0 amide bonds. The smallest absolute Gasteiger partial charge is 0.163 e. The van der Waals surface area contributed by atoms with Gasteiger partial charge in [0.1, 0.15) is 23.9 Å². The minimum Gasteiger partial charge on any atom is -0.345 e. The van der Waals surface area contributed by atoms with E-state index in [0.29, 0.717) is 5.69 Å². The number of nitrogens with zero attached hydrogens (tertiary/aromatic N) is 3. The SMILES string of the molecule is CCCSc1ccc(NC(C#N)=C(C#N)C#N)cc1. The highest BCUT2D eigenvalue weighted by atomic mass is 32.2. The molecule has 1 rings (SSSR count). The molecule has 0 aliphatic carbocycles. The molecule has 1 aromatic rings. The molecule has 0 saturated carbocycles. The fourth-order valence-corrected chi connectivity index (χ4v) is 2.05. The second-order valence-electron chi connectivity index (χ2n) is 3.58. The maximum absolute atomic E-state index is 8.91. The van der Waals surface area contributed by atoms with Crippen molar-refractivity contribution in [1.82, 2.24) is 0 Å². The Morgan fingerprint density at radius 2 is 1.74 bits per heavy atom. The van der Waals surface area contributed by atoms with Gasteiger partial charge < -0.3 is 5.32 Å². The minimum atomic E-state index is -0.216. The lowest BCUT2D eigenvalue weighted by Crippen LogP contribution is -2.00. The summed E-state index contributed by atoms with van der Waals surface area (Å²) in [4.78, 5) is 1.15. The summed E-state index contributed by atoms with van der Waals surface area (Å²) < 4.78 is 0. The number of anilines is 1. The molecule has 4 nitrogen and oxygen atoms in total. The number of benzene rings is 1. The van der Waals surface area contributed by atoms with Crippen molar-refractivity contribution in [2.24, 2.45) is 0 Å². The van der Waals surface area contributed by atoms with Gasteiger partial charge in [-0.2, -0.15) is 15.8 Å². The third kappa shape index (κ3) is 4.39. The van der Waals surface area contributed by atoms with Gasteiger partial charge in [-0.3, -0.25) is 0 Å². The van der Waals surface area contributed by atoms with Crippen molar-refractivity contribution >= 4 is 17.4 Å². The summed E-state index contributed by atoms with van der Waals surface area (Å²) in [5, 5.41) is 29.1. The Bertz CT molecular complexity index is 566. The number of nitrogens with one attached hydrogen (secondary N) is 1. The number of hydrogen-bond donors (Lipinski definition) is 1. The van der Waals surface area contributed by atoms with Gasteiger partial charge in [-0.15, -0.1) is 11.8 Å². The van der Waals surface area contributed by atoms with Crippen LogP contribution in [0.4, 0.5) is 5.69 Å². The summed E-state index contributed by atoms with van der Waals surface area (Å²) in [6.07, 6.45) is 1.11. The molecule has 19 heavy (non-hydrogen) atoms. The molecule has 0 aromatic heterocycles. The van der Waals surface area contributed by atoms with Crippen LogP contribution in [0.3, 0.4) is 0 Å². The van der Waals surface area contributed by atoms with Crippen LogP contribution < -0.4 is 5.32 Å². The Hall–Kier alpha value is -2.42. The maximum Gasteiger partial charge on any atom is 0.163 e. The van der Waals surface area contributed by atoms with Crippen molar-refractivity contribution in [2.75, 3.05) is 11.1 Å². The third-order valence-electron chi connectivity index (χ3n) is 2.18. The number of nitriles is 3. The second-order valence-corrected chi connectivity index (χ2v) is 4.75. The highest BCUT2D eigenvalue weighted by molar-refractivity contribution is 7.99. The largest absolute Gasteiger partial charge is 0.345 e. The third-order valence-corrected chi connectivity index (χ3v) is 3.40. The Balaban J connectivity index is 2.84. The summed E-state index contributed by atoms with van der Waals surface area (Å²) in [5.74, 6) is 1.06. The number of thioether (sulfide) groups is 1. The second kappa shape index (κ2) is 7.82. The van der Waals surface area contributed by atoms with Crippen LogP contribution in [0.25, 0.3) is 0 Å². The first-order valence-electron chi connectivity index (χ1n) is 5.69. The number of hydrogen-bond acceptors (Lipinski definition) is 5. The molecule has 0 saturated heterocycles. The molecule has 0 unspecified atom stereocenters. The Kier molecular flexibility index (Phi) is 6.03. The zero-order chi connectivity index (χ0) is 14.1. The van der Waals surface area contributed by atoms with E-state index in [4.69, 9.17) is 15.8 Å². The van der Waals surface area contributed by atoms with Crippen LogP contribution in [-0.2, 0) is 0 Å². The summed E-state index contributed by atoms with van der Waals surface area (Å²) in [5.41, 5.74) is 0.436. The average molecular weight is 268 g/mol. The molecule has 0 radical (unpaired) electrons. The Labute approximate surface area is 117 Å². The van der Waals surface area contributed by atoms with E-state index >= 15 is 0 Å². The zero-order valence-corrected chi connectivity index (χ0v) is 11.3. The molecule has 0 aliphatic rings. The standard InChI is InChI=1S/C14H12N4S/c1-2-7-19-13-5-3-12(4-6-13)18-14(10-17)11(8-15)9-16/h3-6,18H,2,7H2,1H3. The monoisotopic (exact) mass is 268 g/mol. The van der Waals surface area contributed by atoms with Crippen LogP contribution >= 0.6 is 11.8 Å². The van der Waals surface area contributed by atoms with Gasteiger partial charge in [0.2, 0.25) is 0 Å².